The molecule has 2 aromatic rings. The average Bonchev–Trinajstić information content (AvgIpc) is 3.32. The number of hydrogen-bond donors (Lipinski definition) is 2. The van der Waals surface area contributed by atoms with E-state index >= 15 is 0 Å². The van der Waals surface area contributed by atoms with Gasteiger partial charge in [-0.15, -0.1) is 0 Å². The molecule has 0 atom stereocenters. The van der Waals surface area contributed by atoms with Crippen molar-refractivity contribution < 1.29 is 9.90 Å². The summed E-state index contributed by atoms with van der Waals surface area (Å²) in [6.07, 6.45) is 5.29. The predicted octanol–water partition coefficient (Wildman–Crippen LogP) is 3.69. The van der Waals surface area contributed by atoms with E-state index in [4.69, 9.17) is 11.6 Å². The molecule has 1 saturated carbocycles. The number of amides is 1. The van der Waals surface area contributed by atoms with Crippen LogP contribution in [0.15, 0.2) is 30.5 Å². The minimum atomic E-state index is -0.273. The minimum Gasteiger partial charge on any atom is -0.395 e. The SMILES string of the molecule is CC(C)(C)N(CCO)Cc1ccc(C(=O)NN(c2nc(C#N)ncc2Cl)C2CCCC2)cc1. The molecule has 0 spiro atoms. The second-order valence-electron chi connectivity index (χ2n) is 9.24. The maximum absolute atomic E-state index is 13.1. The maximum Gasteiger partial charge on any atom is 0.269 e. The van der Waals surface area contributed by atoms with Gasteiger partial charge in [0.05, 0.1) is 18.8 Å². The van der Waals surface area contributed by atoms with Crippen molar-refractivity contribution in [1.29, 1.82) is 5.26 Å². The summed E-state index contributed by atoms with van der Waals surface area (Å²) in [6, 6.07) is 9.41. The summed E-state index contributed by atoms with van der Waals surface area (Å²) in [5, 5.41) is 20.5. The van der Waals surface area contributed by atoms with E-state index in [1.807, 2.05) is 18.2 Å². The Kier molecular flexibility index (Phi) is 8.25. The standard InChI is InChI=1S/C24H31ClN6O2/c1-24(2,3)30(12-13-32)16-17-8-10-18(11-9-17)23(33)29-31(19-6-4-5-7-19)22-20(25)15-27-21(14-26)28-22/h8-11,15,19,32H,4-7,12-13,16H2,1-3H3,(H,29,33). The van der Waals surface area contributed by atoms with Gasteiger partial charge in [-0.3, -0.25) is 20.1 Å². The molecular weight excluding hydrogens is 440 g/mol. The predicted molar refractivity (Wildman–Crippen MR) is 128 cm³/mol. The fraction of sp³-hybridized carbons (Fsp3) is 0.500. The zero-order chi connectivity index (χ0) is 24.0. The van der Waals surface area contributed by atoms with Gasteiger partial charge in [-0.05, 0) is 51.3 Å². The van der Waals surface area contributed by atoms with E-state index in [9.17, 15) is 15.2 Å². The van der Waals surface area contributed by atoms with Crippen LogP contribution in [0.5, 0.6) is 0 Å². The lowest BCUT2D eigenvalue weighted by Gasteiger charge is -2.35. The maximum atomic E-state index is 13.1. The summed E-state index contributed by atoms with van der Waals surface area (Å²) in [4.78, 5) is 23.4. The highest BCUT2D eigenvalue weighted by Crippen LogP contribution is 2.30. The Morgan fingerprint density at radius 3 is 2.52 bits per heavy atom. The van der Waals surface area contributed by atoms with Crippen LogP contribution < -0.4 is 10.4 Å². The Hall–Kier alpha value is -2.73. The molecule has 33 heavy (non-hydrogen) atoms. The lowest BCUT2D eigenvalue weighted by molar-refractivity contribution is 0.0942. The number of anilines is 1. The second-order valence-corrected chi connectivity index (χ2v) is 9.65. The molecule has 176 valence electrons. The lowest BCUT2D eigenvalue weighted by atomic mass is 10.0. The molecule has 0 aliphatic heterocycles. The van der Waals surface area contributed by atoms with Crippen molar-refractivity contribution in [1.82, 2.24) is 20.3 Å². The zero-order valence-electron chi connectivity index (χ0n) is 19.4. The number of nitrogens with one attached hydrogen (secondary N) is 1. The lowest BCUT2D eigenvalue weighted by Crippen LogP contribution is -2.48. The van der Waals surface area contributed by atoms with Gasteiger partial charge in [-0.25, -0.2) is 4.98 Å². The second kappa shape index (κ2) is 10.9. The molecule has 1 amide bonds. The molecule has 1 fully saturated rings. The van der Waals surface area contributed by atoms with Crippen molar-refractivity contribution in [2.75, 3.05) is 18.2 Å². The van der Waals surface area contributed by atoms with Gasteiger partial charge in [0.15, 0.2) is 5.82 Å². The minimum absolute atomic E-state index is 0.00211. The third-order valence-electron chi connectivity index (χ3n) is 5.87. The number of aromatic nitrogens is 2. The largest absolute Gasteiger partial charge is 0.395 e. The van der Waals surface area contributed by atoms with Crippen LogP contribution in [0, 0.1) is 11.3 Å². The molecule has 9 heteroatoms. The van der Waals surface area contributed by atoms with Crippen LogP contribution in [0.3, 0.4) is 0 Å². The molecule has 1 aromatic heterocycles. The molecule has 0 saturated heterocycles. The van der Waals surface area contributed by atoms with Crippen LogP contribution in [0.25, 0.3) is 0 Å². The van der Waals surface area contributed by atoms with Gasteiger partial charge in [0.1, 0.15) is 11.1 Å². The van der Waals surface area contributed by atoms with E-state index in [-0.39, 0.29) is 34.9 Å². The molecule has 0 bridgehead atoms. The Morgan fingerprint density at radius 2 is 1.94 bits per heavy atom. The monoisotopic (exact) mass is 470 g/mol. The zero-order valence-corrected chi connectivity index (χ0v) is 20.1. The van der Waals surface area contributed by atoms with E-state index in [2.05, 4.69) is 41.1 Å². The number of carbonyl (C=O) groups excluding carboxylic acids is 1. The summed E-state index contributed by atoms with van der Waals surface area (Å²) in [7, 11) is 0. The smallest absolute Gasteiger partial charge is 0.269 e. The number of benzene rings is 1. The van der Waals surface area contributed by atoms with E-state index < -0.39 is 0 Å². The number of carbonyl (C=O) groups is 1. The summed E-state index contributed by atoms with van der Waals surface area (Å²) in [5.74, 6) is 0.0665. The van der Waals surface area contributed by atoms with Crippen molar-refractivity contribution in [2.45, 2.75) is 64.6 Å². The molecule has 3 rings (SSSR count). The van der Waals surface area contributed by atoms with Gasteiger partial charge in [0.2, 0.25) is 5.82 Å². The highest BCUT2D eigenvalue weighted by atomic mass is 35.5. The number of aliphatic hydroxyl groups excluding tert-OH is 1. The first kappa shape index (κ1) is 24.9. The van der Waals surface area contributed by atoms with Crippen molar-refractivity contribution >= 4 is 23.3 Å². The first-order chi connectivity index (χ1) is 15.7. The van der Waals surface area contributed by atoms with Crippen molar-refractivity contribution in [2.24, 2.45) is 0 Å². The van der Waals surface area contributed by atoms with E-state index in [1.54, 1.807) is 17.1 Å². The topological polar surface area (TPSA) is 105 Å². The number of rotatable bonds is 8. The van der Waals surface area contributed by atoms with Gasteiger partial charge in [0, 0.05) is 24.2 Å². The molecular formula is C24H31ClN6O2. The highest BCUT2D eigenvalue weighted by Gasteiger charge is 2.28. The van der Waals surface area contributed by atoms with Gasteiger partial charge in [-0.1, -0.05) is 36.6 Å². The molecule has 1 heterocycles. The van der Waals surface area contributed by atoms with Gasteiger partial charge in [0.25, 0.3) is 5.91 Å². The number of aliphatic hydroxyl groups is 1. The summed E-state index contributed by atoms with van der Waals surface area (Å²) < 4.78 is 0. The Labute approximate surface area is 200 Å². The van der Waals surface area contributed by atoms with Crippen molar-refractivity contribution in [3.8, 4) is 6.07 Å². The summed E-state index contributed by atoms with van der Waals surface area (Å²) in [6.45, 7) is 7.67. The fourth-order valence-corrected chi connectivity index (χ4v) is 4.17. The molecule has 1 aliphatic carbocycles. The highest BCUT2D eigenvalue weighted by molar-refractivity contribution is 6.32. The Bertz CT molecular complexity index is 993. The van der Waals surface area contributed by atoms with Gasteiger partial charge >= 0.3 is 0 Å². The first-order valence-electron chi connectivity index (χ1n) is 11.2. The molecule has 2 N–H and O–H groups in total. The summed E-state index contributed by atoms with van der Waals surface area (Å²) >= 11 is 6.34. The number of hydrazine groups is 1. The number of hydrogen-bond acceptors (Lipinski definition) is 7. The van der Waals surface area contributed by atoms with Gasteiger partial charge < -0.3 is 5.11 Å². The third-order valence-corrected chi connectivity index (χ3v) is 6.14. The average molecular weight is 471 g/mol. The number of nitrogens with zero attached hydrogens (tertiary/aromatic N) is 5. The van der Waals surface area contributed by atoms with Crippen LogP contribution in [0.4, 0.5) is 5.82 Å². The van der Waals surface area contributed by atoms with Gasteiger partial charge in [-0.2, -0.15) is 10.2 Å². The Morgan fingerprint density at radius 1 is 1.27 bits per heavy atom. The van der Waals surface area contributed by atoms with E-state index in [0.29, 0.717) is 24.5 Å². The van der Waals surface area contributed by atoms with Crippen LogP contribution in [0.1, 0.15) is 68.2 Å². The normalized spacial score (nSPS) is 14.3. The van der Waals surface area contributed by atoms with Crippen molar-refractivity contribution in [3.05, 3.63) is 52.4 Å². The summed E-state index contributed by atoms with van der Waals surface area (Å²) in [5.41, 5.74) is 4.44. The third kappa shape index (κ3) is 6.41. The quantitative estimate of drug-likeness (QED) is 0.567. The molecule has 8 nitrogen and oxygen atoms in total. The number of nitriles is 1. The van der Waals surface area contributed by atoms with Crippen LogP contribution in [0.2, 0.25) is 5.02 Å². The Balaban J connectivity index is 1.78. The molecule has 0 radical (unpaired) electrons. The molecule has 1 aliphatic rings. The van der Waals surface area contributed by atoms with Crippen LogP contribution in [-0.2, 0) is 6.54 Å². The number of β-amino-alcohol motifs (C(OH)–C–C–N with tert-alkyl or cyclic N) is 1. The van der Waals surface area contributed by atoms with Crippen LogP contribution in [-0.4, -0.2) is 50.6 Å². The van der Waals surface area contributed by atoms with E-state index in [0.717, 1.165) is 31.2 Å². The van der Waals surface area contributed by atoms with E-state index in [1.165, 1.54) is 6.20 Å². The first-order valence-corrected chi connectivity index (χ1v) is 11.6. The van der Waals surface area contributed by atoms with Crippen molar-refractivity contribution in [3.63, 3.8) is 0 Å². The van der Waals surface area contributed by atoms with Crippen LogP contribution >= 0.6 is 11.6 Å². The molecule has 0 unspecified atom stereocenters. The fourth-order valence-electron chi connectivity index (χ4n) is 3.99. The number of halogens is 1. The molecule has 1 aromatic carbocycles.